The van der Waals surface area contributed by atoms with Gasteiger partial charge in [0.05, 0.1) is 6.61 Å². The third kappa shape index (κ3) is 2.50. The van der Waals surface area contributed by atoms with Gasteiger partial charge in [0.25, 0.3) is 0 Å². The molecule has 1 aromatic heterocycles. The van der Waals surface area contributed by atoms with E-state index in [1.807, 2.05) is 25.1 Å². The quantitative estimate of drug-likeness (QED) is 0.718. The van der Waals surface area contributed by atoms with E-state index in [-0.39, 0.29) is 5.41 Å². The van der Waals surface area contributed by atoms with Crippen molar-refractivity contribution in [1.29, 1.82) is 0 Å². The van der Waals surface area contributed by atoms with Crippen LogP contribution in [0.3, 0.4) is 0 Å². The number of nitrogens with two attached hydrogens (primary N) is 1. The predicted molar refractivity (Wildman–Crippen MR) is 52.1 cm³/mol. The van der Waals surface area contributed by atoms with Crippen LogP contribution in [0.4, 0.5) is 0 Å². The molecule has 0 fully saturated rings. The summed E-state index contributed by atoms with van der Waals surface area (Å²) in [5, 5.41) is 0. The van der Waals surface area contributed by atoms with E-state index in [0.29, 0.717) is 6.61 Å². The molecular weight excluding hydrogens is 164 g/mol. The lowest BCUT2D eigenvalue weighted by Crippen LogP contribution is -2.27. The zero-order valence-corrected chi connectivity index (χ0v) is 8.37. The highest BCUT2D eigenvalue weighted by molar-refractivity contribution is 5.17. The first kappa shape index (κ1) is 10.2. The van der Waals surface area contributed by atoms with Crippen molar-refractivity contribution in [2.24, 2.45) is 5.90 Å². The molecule has 1 heterocycles. The van der Waals surface area contributed by atoms with Crippen molar-refractivity contribution in [1.82, 2.24) is 4.98 Å². The topological polar surface area (TPSA) is 48.1 Å². The van der Waals surface area contributed by atoms with E-state index < -0.39 is 0 Å². The van der Waals surface area contributed by atoms with Crippen LogP contribution < -0.4 is 5.90 Å². The molecule has 3 heteroatoms. The first-order chi connectivity index (χ1) is 6.06. The van der Waals surface area contributed by atoms with E-state index in [0.717, 1.165) is 11.4 Å². The average Bonchev–Trinajstić information content (AvgIpc) is 2.04. The minimum Gasteiger partial charge on any atom is -0.304 e. The molecule has 0 aliphatic rings. The van der Waals surface area contributed by atoms with Gasteiger partial charge in [-0.05, 0) is 19.1 Å². The van der Waals surface area contributed by atoms with Gasteiger partial charge in [0.2, 0.25) is 0 Å². The monoisotopic (exact) mass is 180 g/mol. The summed E-state index contributed by atoms with van der Waals surface area (Å²) in [6.45, 7) is 6.57. The Labute approximate surface area is 78.9 Å². The molecule has 13 heavy (non-hydrogen) atoms. The number of pyridine rings is 1. The third-order valence-electron chi connectivity index (χ3n) is 2.03. The van der Waals surface area contributed by atoms with Crippen LogP contribution in [0.25, 0.3) is 0 Å². The van der Waals surface area contributed by atoms with Gasteiger partial charge in [0.15, 0.2) is 0 Å². The lowest BCUT2D eigenvalue weighted by molar-refractivity contribution is 0.0949. The van der Waals surface area contributed by atoms with Gasteiger partial charge in [0, 0.05) is 16.8 Å². The Bertz CT molecular complexity index is 284. The maximum atomic E-state index is 5.06. The Kier molecular flexibility index (Phi) is 3.01. The van der Waals surface area contributed by atoms with Crippen molar-refractivity contribution < 1.29 is 4.84 Å². The number of nitrogens with zero attached hydrogens (tertiary/aromatic N) is 1. The van der Waals surface area contributed by atoms with Gasteiger partial charge in [-0.15, -0.1) is 0 Å². The van der Waals surface area contributed by atoms with E-state index in [1.165, 1.54) is 0 Å². The summed E-state index contributed by atoms with van der Waals surface area (Å²) in [7, 11) is 0. The van der Waals surface area contributed by atoms with Crippen molar-refractivity contribution in [3.8, 4) is 0 Å². The largest absolute Gasteiger partial charge is 0.304 e. The molecule has 2 N–H and O–H groups in total. The number of aryl methyl sites for hydroxylation is 1. The molecule has 0 atom stereocenters. The lowest BCUT2D eigenvalue weighted by atomic mass is 9.90. The molecule has 3 nitrogen and oxygen atoms in total. The van der Waals surface area contributed by atoms with E-state index in [1.54, 1.807) is 0 Å². The molecule has 0 saturated carbocycles. The van der Waals surface area contributed by atoms with Crippen molar-refractivity contribution >= 4 is 0 Å². The van der Waals surface area contributed by atoms with Gasteiger partial charge in [-0.2, -0.15) is 0 Å². The van der Waals surface area contributed by atoms with Crippen LogP contribution in [-0.4, -0.2) is 11.6 Å². The molecular formula is C10H16N2O. The first-order valence-corrected chi connectivity index (χ1v) is 4.32. The Morgan fingerprint density at radius 1 is 1.46 bits per heavy atom. The van der Waals surface area contributed by atoms with Crippen LogP contribution in [0.2, 0.25) is 0 Å². The summed E-state index contributed by atoms with van der Waals surface area (Å²) < 4.78 is 0. The van der Waals surface area contributed by atoms with E-state index in [4.69, 9.17) is 5.90 Å². The zero-order chi connectivity index (χ0) is 9.90. The molecule has 0 radical (unpaired) electrons. The van der Waals surface area contributed by atoms with Crippen LogP contribution in [-0.2, 0) is 10.3 Å². The summed E-state index contributed by atoms with van der Waals surface area (Å²) in [6.07, 6.45) is 0. The number of aromatic nitrogens is 1. The molecule has 0 bridgehead atoms. The molecule has 0 aliphatic heterocycles. The Morgan fingerprint density at radius 2 is 2.15 bits per heavy atom. The summed E-state index contributed by atoms with van der Waals surface area (Å²) in [5.41, 5.74) is 1.90. The van der Waals surface area contributed by atoms with E-state index in [2.05, 4.69) is 23.7 Å². The van der Waals surface area contributed by atoms with Gasteiger partial charge in [0.1, 0.15) is 0 Å². The minimum absolute atomic E-state index is 0.124. The van der Waals surface area contributed by atoms with Crippen molar-refractivity contribution in [2.75, 3.05) is 6.61 Å². The number of hydrogen-bond acceptors (Lipinski definition) is 3. The van der Waals surface area contributed by atoms with Gasteiger partial charge in [-0.3, -0.25) is 4.98 Å². The maximum Gasteiger partial charge on any atom is 0.0785 e. The van der Waals surface area contributed by atoms with E-state index in [9.17, 15) is 0 Å². The van der Waals surface area contributed by atoms with Crippen LogP contribution >= 0.6 is 0 Å². The smallest absolute Gasteiger partial charge is 0.0785 e. The van der Waals surface area contributed by atoms with Crippen LogP contribution in [0.1, 0.15) is 25.2 Å². The molecule has 0 amide bonds. The molecule has 0 aliphatic carbocycles. The minimum atomic E-state index is -0.124. The first-order valence-electron chi connectivity index (χ1n) is 4.32. The van der Waals surface area contributed by atoms with Crippen molar-refractivity contribution in [2.45, 2.75) is 26.2 Å². The fraction of sp³-hybridized carbons (Fsp3) is 0.500. The van der Waals surface area contributed by atoms with Gasteiger partial charge in [-0.25, -0.2) is 5.90 Å². The highest BCUT2D eigenvalue weighted by atomic mass is 16.6. The summed E-state index contributed by atoms with van der Waals surface area (Å²) in [4.78, 5) is 9.09. The molecule has 0 saturated heterocycles. The fourth-order valence-electron chi connectivity index (χ4n) is 1.20. The van der Waals surface area contributed by atoms with E-state index >= 15 is 0 Å². The summed E-state index contributed by atoms with van der Waals surface area (Å²) >= 11 is 0. The van der Waals surface area contributed by atoms with Gasteiger partial charge >= 0.3 is 0 Å². The maximum absolute atomic E-state index is 5.06. The molecule has 0 aromatic carbocycles. The van der Waals surface area contributed by atoms with Crippen molar-refractivity contribution in [3.05, 3.63) is 29.6 Å². The molecule has 1 rings (SSSR count). The normalized spacial score (nSPS) is 11.7. The highest BCUT2D eigenvalue weighted by Gasteiger charge is 2.22. The summed E-state index contributed by atoms with van der Waals surface area (Å²) in [6, 6.07) is 5.96. The lowest BCUT2D eigenvalue weighted by Gasteiger charge is -2.22. The van der Waals surface area contributed by atoms with Gasteiger partial charge < -0.3 is 4.84 Å². The van der Waals surface area contributed by atoms with Crippen LogP contribution in [0.15, 0.2) is 18.2 Å². The number of rotatable bonds is 3. The highest BCUT2D eigenvalue weighted by Crippen LogP contribution is 2.20. The third-order valence-corrected chi connectivity index (χ3v) is 2.03. The van der Waals surface area contributed by atoms with Crippen LogP contribution in [0, 0.1) is 6.92 Å². The van der Waals surface area contributed by atoms with Crippen LogP contribution in [0.5, 0.6) is 0 Å². The molecule has 0 unspecified atom stereocenters. The summed E-state index contributed by atoms with van der Waals surface area (Å²) in [5.74, 6) is 5.06. The Balaban J connectivity index is 2.93. The zero-order valence-electron chi connectivity index (χ0n) is 8.37. The Morgan fingerprint density at radius 3 is 2.69 bits per heavy atom. The second-order valence-electron chi connectivity index (χ2n) is 3.86. The number of hydrogen-bond donors (Lipinski definition) is 1. The molecule has 1 aromatic rings. The average molecular weight is 180 g/mol. The second kappa shape index (κ2) is 3.85. The fourth-order valence-corrected chi connectivity index (χ4v) is 1.20. The second-order valence-corrected chi connectivity index (χ2v) is 3.86. The molecule has 0 spiro atoms. The van der Waals surface area contributed by atoms with Crippen molar-refractivity contribution in [3.63, 3.8) is 0 Å². The standard InChI is InChI=1S/C10H16N2O/c1-8-5-4-6-9(12-8)10(2,3)7-13-11/h4-6H,7,11H2,1-3H3. The Hall–Kier alpha value is -0.930. The molecule has 72 valence electrons. The SMILES string of the molecule is Cc1cccc(C(C)(C)CON)n1. The van der Waals surface area contributed by atoms with Gasteiger partial charge in [-0.1, -0.05) is 19.9 Å². The predicted octanol–water partition coefficient (Wildman–Crippen LogP) is 1.56.